The Kier molecular flexibility index (Phi) is 7.71. The number of aliphatic hydroxyl groups excluding tert-OH is 1. The number of hydrogen-bond donors (Lipinski definition) is 2. The summed E-state index contributed by atoms with van der Waals surface area (Å²) in [4.78, 5) is 0.205. The van der Waals surface area contributed by atoms with Gasteiger partial charge in [-0.2, -0.15) is 0 Å². The number of aliphatic hydroxyl groups is 1. The molecule has 0 radical (unpaired) electrons. The Hall–Kier alpha value is -0.990. The molecular weight excluding hydrogens is 282 g/mol. The van der Waals surface area contributed by atoms with Gasteiger partial charge >= 0.3 is 0 Å². The first-order valence-electron chi connectivity index (χ1n) is 6.36. The molecule has 0 aliphatic carbocycles. The predicted molar refractivity (Wildman–Crippen MR) is 75.1 cm³/mol. The topological polar surface area (TPSA) is 84.9 Å². The molecule has 1 aromatic rings. The van der Waals surface area contributed by atoms with E-state index in [4.69, 9.17) is 14.6 Å². The van der Waals surface area contributed by atoms with Crippen LogP contribution in [0.1, 0.15) is 5.56 Å². The highest BCUT2D eigenvalue weighted by Gasteiger charge is 2.12. The van der Waals surface area contributed by atoms with Crippen molar-refractivity contribution >= 4 is 10.0 Å². The summed E-state index contributed by atoms with van der Waals surface area (Å²) in [6, 6.07) is 6.44. The first-order valence-corrected chi connectivity index (χ1v) is 7.84. The van der Waals surface area contributed by atoms with Crippen molar-refractivity contribution in [3.63, 3.8) is 0 Å². The lowest BCUT2D eigenvalue weighted by atomic mass is 10.2. The molecule has 0 heterocycles. The Morgan fingerprint density at radius 3 is 2.45 bits per heavy atom. The van der Waals surface area contributed by atoms with E-state index in [2.05, 4.69) is 4.72 Å². The van der Waals surface area contributed by atoms with Crippen molar-refractivity contribution in [2.75, 3.05) is 40.1 Å². The standard InChI is InChI=1S/C13H21NO5S/c1-18-10-11-19-9-7-14-20(16,17)13-4-2-12(3-5-13)6-8-15/h2-5,14-15H,6-11H2,1H3. The molecule has 0 bridgehead atoms. The van der Waals surface area contributed by atoms with E-state index < -0.39 is 10.0 Å². The number of rotatable bonds is 10. The van der Waals surface area contributed by atoms with Gasteiger partial charge < -0.3 is 14.6 Å². The van der Waals surface area contributed by atoms with E-state index in [0.717, 1.165) is 5.56 Å². The Morgan fingerprint density at radius 2 is 1.85 bits per heavy atom. The fourth-order valence-electron chi connectivity index (χ4n) is 1.54. The summed E-state index contributed by atoms with van der Waals surface area (Å²) in [7, 11) is -1.93. The van der Waals surface area contributed by atoms with Crippen LogP contribution in [0.15, 0.2) is 29.2 Å². The van der Waals surface area contributed by atoms with Gasteiger partial charge in [-0.25, -0.2) is 13.1 Å². The number of hydrogen-bond acceptors (Lipinski definition) is 5. The minimum absolute atomic E-state index is 0.0448. The third kappa shape index (κ3) is 5.98. The van der Waals surface area contributed by atoms with Crippen molar-refractivity contribution in [1.29, 1.82) is 0 Å². The zero-order chi connectivity index (χ0) is 14.8. The minimum atomic E-state index is -3.51. The average molecular weight is 303 g/mol. The van der Waals surface area contributed by atoms with E-state index in [0.29, 0.717) is 26.2 Å². The lowest BCUT2D eigenvalue weighted by Gasteiger charge is -2.08. The predicted octanol–water partition coefficient (Wildman–Crippen LogP) is 0.163. The summed E-state index contributed by atoms with van der Waals surface area (Å²) >= 11 is 0. The summed E-state index contributed by atoms with van der Waals surface area (Å²) in [5.41, 5.74) is 0.898. The lowest BCUT2D eigenvalue weighted by molar-refractivity contribution is 0.0736. The molecule has 0 saturated heterocycles. The summed E-state index contributed by atoms with van der Waals surface area (Å²) < 4.78 is 36.3. The molecule has 0 amide bonds. The van der Waals surface area contributed by atoms with E-state index in [1.165, 1.54) is 12.1 Å². The Balaban J connectivity index is 2.43. The van der Waals surface area contributed by atoms with Crippen LogP contribution in [0.3, 0.4) is 0 Å². The minimum Gasteiger partial charge on any atom is -0.396 e. The van der Waals surface area contributed by atoms with Gasteiger partial charge in [-0.05, 0) is 24.1 Å². The molecule has 20 heavy (non-hydrogen) atoms. The maximum absolute atomic E-state index is 11.9. The van der Waals surface area contributed by atoms with Crippen molar-refractivity contribution in [3.8, 4) is 0 Å². The van der Waals surface area contributed by atoms with Gasteiger partial charge in [0.25, 0.3) is 0 Å². The van der Waals surface area contributed by atoms with Crippen LogP contribution in [-0.2, 0) is 25.9 Å². The van der Waals surface area contributed by atoms with Crippen molar-refractivity contribution in [1.82, 2.24) is 4.72 Å². The molecule has 114 valence electrons. The molecule has 0 aliphatic rings. The molecule has 0 aliphatic heterocycles. The number of methoxy groups -OCH3 is 1. The van der Waals surface area contributed by atoms with E-state index >= 15 is 0 Å². The van der Waals surface area contributed by atoms with Gasteiger partial charge in [0.15, 0.2) is 0 Å². The number of sulfonamides is 1. The summed E-state index contributed by atoms with van der Waals surface area (Å²) in [5.74, 6) is 0. The molecule has 1 aromatic carbocycles. The normalized spacial score (nSPS) is 11.7. The molecule has 0 fully saturated rings. The van der Waals surface area contributed by atoms with Gasteiger partial charge in [-0.3, -0.25) is 0 Å². The largest absolute Gasteiger partial charge is 0.396 e. The lowest BCUT2D eigenvalue weighted by Crippen LogP contribution is -2.27. The molecule has 0 spiro atoms. The van der Waals surface area contributed by atoms with E-state index in [1.54, 1.807) is 19.2 Å². The van der Waals surface area contributed by atoms with Gasteiger partial charge in [0.05, 0.1) is 24.7 Å². The first-order chi connectivity index (χ1) is 9.60. The molecule has 6 nitrogen and oxygen atoms in total. The zero-order valence-corrected chi connectivity index (χ0v) is 12.4. The summed E-state index contributed by atoms with van der Waals surface area (Å²) in [5, 5.41) is 8.80. The monoisotopic (exact) mass is 303 g/mol. The third-order valence-corrected chi connectivity index (χ3v) is 4.08. The van der Waals surface area contributed by atoms with Crippen molar-refractivity contribution < 1.29 is 23.0 Å². The highest BCUT2D eigenvalue weighted by atomic mass is 32.2. The van der Waals surface area contributed by atoms with Crippen LogP contribution in [0.25, 0.3) is 0 Å². The highest BCUT2D eigenvalue weighted by molar-refractivity contribution is 7.89. The fraction of sp³-hybridized carbons (Fsp3) is 0.538. The van der Waals surface area contributed by atoms with Gasteiger partial charge in [0.2, 0.25) is 10.0 Å². The van der Waals surface area contributed by atoms with Crippen LogP contribution < -0.4 is 4.72 Å². The number of ether oxygens (including phenoxy) is 2. The molecule has 1 rings (SSSR count). The second-order valence-electron chi connectivity index (χ2n) is 4.12. The Bertz CT molecular complexity index is 472. The van der Waals surface area contributed by atoms with Crippen molar-refractivity contribution in [3.05, 3.63) is 29.8 Å². The van der Waals surface area contributed by atoms with Crippen LogP contribution in [-0.4, -0.2) is 53.6 Å². The first kappa shape index (κ1) is 17.1. The zero-order valence-electron chi connectivity index (χ0n) is 11.5. The smallest absolute Gasteiger partial charge is 0.240 e. The number of benzene rings is 1. The molecule has 0 unspecified atom stereocenters. The van der Waals surface area contributed by atoms with Gasteiger partial charge in [-0.1, -0.05) is 12.1 Å². The SMILES string of the molecule is COCCOCCNS(=O)(=O)c1ccc(CCO)cc1. The highest BCUT2D eigenvalue weighted by Crippen LogP contribution is 2.10. The summed E-state index contributed by atoms with van der Waals surface area (Å²) in [6.07, 6.45) is 0.515. The van der Waals surface area contributed by atoms with Gasteiger partial charge in [-0.15, -0.1) is 0 Å². The quantitative estimate of drug-likeness (QED) is 0.602. The van der Waals surface area contributed by atoms with Crippen molar-refractivity contribution in [2.24, 2.45) is 0 Å². The Morgan fingerprint density at radius 1 is 1.15 bits per heavy atom. The van der Waals surface area contributed by atoms with Crippen LogP contribution >= 0.6 is 0 Å². The van der Waals surface area contributed by atoms with Gasteiger partial charge in [0, 0.05) is 20.3 Å². The van der Waals surface area contributed by atoms with Crippen LogP contribution in [0.4, 0.5) is 0 Å². The maximum atomic E-state index is 11.9. The van der Waals surface area contributed by atoms with Crippen LogP contribution in [0.5, 0.6) is 0 Å². The molecule has 0 aromatic heterocycles. The van der Waals surface area contributed by atoms with Crippen LogP contribution in [0, 0.1) is 0 Å². The van der Waals surface area contributed by atoms with Crippen molar-refractivity contribution in [2.45, 2.75) is 11.3 Å². The van der Waals surface area contributed by atoms with E-state index in [9.17, 15) is 8.42 Å². The summed E-state index contributed by atoms with van der Waals surface area (Å²) in [6.45, 7) is 1.48. The van der Waals surface area contributed by atoms with E-state index in [1.807, 2.05) is 0 Å². The molecular formula is C13H21NO5S. The maximum Gasteiger partial charge on any atom is 0.240 e. The van der Waals surface area contributed by atoms with E-state index in [-0.39, 0.29) is 18.0 Å². The second kappa shape index (κ2) is 9.04. The third-order valence-electron chi connectivity index (χ3n) is 2.60. The van der Waals surface area contributed by atoms with Gasteiger partial charge in [0.1, 0.15) is 0 Å². The fourth-order valence-corrected chi connectivity index (χ4v) is 2.55. The molecule has 0 atom stereocenters. The Labute approximate surface area is 119 Å². The number of nitrogens with one attached hydrogen (secondary N) is 1. The van der Waals surface area contributed by atoms with Crippen LogP contribution in [0.2, 0.25) is 0 Å². The average Bonchev–Trinajstić information content (AvgIpc) is 2.44. The molecule has 7 heteroatoms. The molecule has 2 N–H and O–H groups in total. The second-order valence-corrected chi connectivity index (χ2v) is 5.89. The molecule has 0 saturated carbocycles.